The zero-order chi connectivity index (χ0) is 19.2. The Bertz CT molecular complexity index is 652. The quantitative estimate of drug-likeness (QED) is 0.880. The van der Waals surface area contributed by atoms with Gasteiger partial charge in [0.15, 0.2) is 0 Å². The Labute approximate surface area is 161 Å². The second kappa shape index (κ2) is 8.97. The van der Waals surface area contributed by atoms with Crippen LogP contribution < -0.4 is 10.2 Å². The van der Waals surface area contributed by atoms with Crippen LogP contribution in [0.2, 0.25) is 0 Å². The number of nitrogens with zero attached hydrogens (tertiary/aromatic N) is 3. The number of methoxy groups -OCH3 is 1. The number of hydrogen-bond acceptors (Lipinski definition) is 4. The highest BCUT2D eigenvalue weighted by molar-refractivity contribution is 5.74. The van der Waals surface area contributed by atoms with Gasteiger partial charge in [-0.2, -0.15) is 0 Å². The molecule has 7 heteroatoms. The summed E-state index contributed by atoms with van der Waals surface area (Å²) in [6.07, 6.45) is 3.66. The van der Waals surface area contributed by atoms with Gasteiger partial charge < -0.3 is 24.8 Å². The number of anilines is 1. The zero-order valence-electron chi connectivity index (χ0n) is 16.3. The molecule has 0 radical (unpaired) electrons. The Kier molecular flexibility index (Phi) is 6.42. The van der Waals surface area contributed by atoms with Gasteiger partial charge in [-0.25, -0.2) is 9.59 Å². The van der Waals surface area contributed by atoms with Crippen LogP contribution in [-0.2, 0) is 11.3 Å². The number of rotatable bonds is 4. The van der Waals surface area contributed by atoms with E-state index in [-0.39, 0.29) is 18.2 Å². The molecule has 7 nitrogen and oxygen atoms in total. The zero-order valence-corrected chi connectivity index (χ0v) is 16.3. The minimum atomic E-state index is -0.296. The monoisotopic (exact) mass is 374 g/mol. The lowest BCUT2D eigenvalue weighted by Gasteiger charge is -2.32. The van der Waals surface area contributed by atoms with Crippen LogP contribution in [0.5, 0.6) is 0 Å². The molecule has 0 aliphatic carbocycles. The van der Waals surface area contributed by atoms with Crippen molar-refractivity contribution in [3.63, 3.8) is 0 Å². The summed E-state index contributed by atoms with van der Waals surface area (Å²) in [5.74, 6) is 0. The average Bonchev–Trinajstić information content (AvgIpc) is 3.23. The van der Waals surface area contributed by atoms with Crippen LogP contribution in [0.15, 0.2) is 24.3 Å². The van der Waals surface area contributed by atoms with E-state index < -0.39 is 0 Å². The highest BCUT2D eigenvalue weighted by Crippen LogP contribution is 2.25. The van der Waals surface area contributed by atoms with Gasteiger partial charge in [-0.05, 0) is 37.3 Å². The molecule has 1 aromatic rings. The predicted molar refractivity (Wildman–Crippen MR) is 105 cm³/mol. The van der Waals surface area contributed by atoms with Crippen molar-refractivity contribution < 1.29 is 14.3 Å². The lowest BCUT2D eigenvalue weighted by atomic mass is 10.1. The molecule has 148 valence electrons. The number of urea groups is 1. The third-order valence-electron chi connectivity index (χ3n) is 5.45. The summed E-state index contributed by atoms with van der Waals surface area (Å²) in [4.78, 5) is 30.0. The fourth-order valence-electron chi connectivity index (χ4n) is 3.86. The molecular weight excluding hydrogens is 344 g/mol. The summed E-state index contributed by atoms with van der Waals surface area (Å²) in [6, 6.07) is 8.37. The van der Waals surface area contributed by atoms with Crippen molar-refractivity contribution in [1.82, 2.24) is 15.1 Å². The Morgan fingerprint density at radius 2 is 1.81 bits per heavy atom. The van der Waals surface area contributed by atoms with Crippen molar-refractivity contribution in [3.05, 3.63) is 29.8 Å². The number of benzene rings is 1. The van der Waals surface area contributed by atoms with E-state index in [2.05, 4.69) is 28.4 Å². The van der Waals surface area contributed by atoms with Crippen LogP contribution >= 0.6 is 0 Å². The number of piperidine rings is 1. The molecule has 2 heterocycles. The van der Waals surface area contributed by atoms with Crippen molar-refractivity contribution in [1.29, 1.82) is 0 Å². The van der Waals surface area contributed by atoms with Crippen LogP contribution in [0.1, 0.15) is 31.2 Å². The number of likely N-dealkylation sites (tertiary alicyclic amines) is 1. The summed E-state index contributed by atoms with van der Waals surface area (Å²) in [7, 11) is 3.23. The summed E-state index contributed by atoms with van der Waals surface area (Å²) in [6.45, 7) is 3.98. The fourth-order valence-corrected chi connectivity index (χ4v) is 3.86. The van der Waals surface area contributed by atoms with Crippen molar-refractivity contribution in [2.24, 2.45) is 0 Å². The van der Waals surface area contributed by atoms with Gasteiger partial charge in [-0.1, -0.05) is 18.2 Å². The standard InChI is InChI=1S/C20H30N4O3/c1-22(15-16-7-3-4-8-18(16)23-11-5-6-12-23)19(25)21-17-9-13-24(14-10-17)20(26)27-2/h3-4,7-8,17H,5-6,9-15H2,1-2H3,(H,21,25). The second-order valence-electron chi connectivity index (χ2n) is 7.36. The maximum absolute atomic E-state index is 12.6. The van der Waals surface area contributed by atoms with Crippen molar-refractivity contribution in [3.8, 4) is 0 Å². The van der Waals surface area contributed by atoms with E-state index in [4.69, 9.17) is 4.74 Å². The number of carbonyl (C=O) groups is 2. The summed E-state index contributed by atoms with van der Waals surface area (Å²) < 4.78 is 4.75. The first-order valence-corrected chi connectivity index (χ1v) is 9.76. The van der Waals surface area contributed by atoms with E-state index in [1.54, 1.807) is 9.80 Å². The van der Waals surface area contributed by atoms with Crippen LogP contribution in [0.25, 0.3) is 0 Å². The predicted octanol–water partition coefficient (Wildman–Crippen LogP) is 2.66. The molecule has 2 saturated heterocycles. The molecule has 1 N–H and O–H groups in total. The first-order valence-electron chi connectivity index (χ1n) is 9.76. The maximum Gasteiger partial charge on any atom is 0.409 e. The van der Waals surface area contributed by atoms with Gasteiger partial charge in [-0.15, -0.1) is 0 Å². The van der Waals surface area contributed by atoms with Crippen LogP contribution in [-0.4, -0.2) is 68.3 Å². The number of amides is 3. The molecule has 2 aliphatic heterocycles. The Hall–Kier alpha value is -2.44. The molecule has 0 saturated carbocycles. The van der Waals surface area contributed by atoms with Crippen LogP contribution in [0.3, 0.4) is 0 Å². The lowest BCUT2D eigenvalue weighted by molar-refractivity contribution is 0.110. The highest BCUT2D eigenvalue weighted by atomic mass is 16.5. The molecular formula is C20H30N4O3. The molecule has 27 heavy (non-hydrogen) atoms. The summed E-state index contributed by atoms with van der Waals surface area (Å²) in [5.41, 5.74) is 2.42. The van der Waals surface area contributed by atoms with Gasteiger partial charge in [0.25, 0.3) is 0 Å². The average molecular weight is 374 g/mol. The molecule has 0 spiro atoms. The number of hydrogen-bond donors (Lipinski definition) is 1. The van der Waals surface area contributed by atoms with E-state index in [9.17, 15) is 9.59 Å². The second-order valence-corrected chi connectivity index (χ2v) is 7.36. The SMILES string of the molecule is COC(=O)N1CCC(NC(=O)N(C)Cc2ccccc2N2CCCC2)CC1. The summed E-state index contributed by atoms with van der Waals surface area (Å²) in [5, 5.41) is 3.10. The topological polar surface area (TPSA) is 65.1 Å². The smallest absolute Gasteiger partial charge is 0.409 e. The van der Waals surface area contributed by atoms with Crippen molar-refractivity contribution >= 4 is 17.8 Å². The van der Waals surface area contributed by atoms with Gasteiger partial charge in [-0.3, -0.25) is 0 Å². The normalized spacial score (nSPS) is 17.7. The number of nitrogens with one attached hydrogen (secondary N) is 1. The number of ether oxygens (including phenoxy) is 1. The molecule has 2 aliphatic rings. The lowest BCUT2D eigenvalue weighted by Crippen LogP contribution is -2.49. The maximum atomic E-state index is 12.6. The van der Waals surface area contributed by atoms with Gasteiger partial charge in [0, 0.05) is 51.5 Å². The fraction of sp³-hybridized carbons (Fsp3) is 0.600. The largest absolute Gasteiger partial charge is 0.453 e. The molecule has 3 rings (SSSR count). The van der Waals surface area contributed by atoms with Gasteiger partial charge in [0.2, 0.25) is 0 Å². The third kappa shape index (κ3) is 4.84. The summed E-state index contributed by atoms with van der Waals surface area (Å²) >= 11 is 0. The molecule has 3 amide bonds. The minimum absolute atomic E-state index is 0.0669. The van der Waals surface area contributed by atoms with Crippen molar-refractivity contribution in [2.45, 2.75) is 38.3 Å². The Morgan fingerprint density at radius 1 is 1.15 bits per heavy atom. The molecule has 1 aromatic carbocycles. The van der Waals surface area contributed by atoms with Gasteiger partial charge in [0.05, 0.1) is 7.11 Å². The first-order chi connectivity index (χ1) is 13.1. The highest BCUT2D eigenvalue weighted by Gasteiger charge is 2.25. The van der Waals surface area contributed by atoms with E-state index in [1.807, 2.05) is 13.1 Å². The molecule has 0 aromatic heterocycles. The van der Waals surface area contributed by atoms with E-state index in [0.29, 0.717) is 19.6 Å². The number of carbonyl (C=O) groups excluding carboxylic acids is 2. The molecule has 0 unspecified atom stereocenters. The van der Waals surface area contributed by atoms with Crippen molar-refractivity contribution in [2.75, 3.05) is 45.2 Å². The molecule has 2 fully saturated rings. The first kappa shape index (κ1) is 19.3. The van der Waals surface area contributed by atoms with E-state index >= 15 is 0 Å². The Morgan fingerprint density at radius 3 is 2.48 bits per heavy atom. The third-order valence-corrected chi connectivity index (χ3v) is 5.45. The Balaban J connectivity index is 1.52. The minimum Gasteiger partial charge on any atom is -0.453 e. The molecule has 0 atom stereocenters. The van der Waals surface area contributed by atoms with Gasteiger partial charge >= 0.3 is 12.1 Å². The van der Waals surface area contributed by atoms with Crippen LogP contribution in [0, 0.1) is 0 Å². The van der Waals surface area contributed by atoms with E-state index in [1.165, 1.54) is 31.2 Å². The number of para-hydroxylation sites is 1. The molecule has 0 bridgehead atoms. The van der Waals surface area contributed by atoms with Gasteiger partial charge in [0.1, 0.15) is 0 Å². The van der Waals surface area contributed by atoms with E-state index in [0.717, 1.165) is 25.9 Å². The van der Waals surface area contributed by atoms with Crippen LogP contribution in [0.4, 0.5) is 15.3 Å².